The maximum atomic E-state index is 11.8. The monoisotopic (exact) mass is 265 g/mol. The highest BCUT2D eigenvalue weighted by Crippen LogP contribution is 2.19. The van der Waals surface area contributed by atoms with Crippen molar-refractivity contribution in [2.24, 2.45) is 0 Å². The van der Waals surface area contributed by atoms with Crippen molar-refractivity contribution < 1.29 is 14.3 Å². The van der Waals surface area contributed by atoms with E-state index in [1.807, 2.05) is 38.1 Å². The molecule has 1 rings (SSSR count). The normalized spacial score (nSPS) is 11.9. The van der Waals surface area contributed by atoms with Crippen LogP contribution in [-0.4, -0.2) is 32.3 Å². The summed E-state index contributed by atoms with van der Waals surface area (Å²) in [6.45, 7) is 5.04. The van der Waals surface area contributed by atoms with Crippen molar-refractivity contribution in [1.82, 2.24) is 5.32 Å². The van der Waals surface area contributed by atoms with Gasteiger partial charge in [0.25, 0.3) is 0 Å². The van der Waals surface area contributed by atoms with E-state index >= 15 is 0 Å². The van der Waals surface area contributed by atoms with Gasteiger partial charge in [-0.25, -0.2) is 0 Å². The van der Waals surface area contributed by atoms with E-state index in [9.17, 15) is 4.79 Å². The van der Waals surface area contributed by atoms with Crippen LogP contribution in [-0.2, 0) is 16.0 Å². The average molecular weight is 265 g/mol. The Bertz CT molecular complexity index is 393. The number of benzene rings is 1. The van der Waals surface area contributed by atoms with Crippen molar-refractivity contribution >= 4 is 5.91 Å². The molecular weight excluding hydrogens is 242 g/mol. The summed E-state index contributed by atoms with van der Waals surface area (Å²) in [5.41, 5.74) is 1.07. The molecule has 0 spiro atoms. The predicted molar refractivity (Wildman–Crippen MR) is 75.4 cm³/mol. The van der Waals surface area contributed by atoms with Crippen molar-refractivity contribution in [2.75, 3.05) is 20.3 Å². The minimum atomic E-state index is 0.0378. The molecule has 0 saturated carbocycles. The molecule has 1 atom stereocenters. The number of carbonyl (C=O) groups is 1. The van der Waals surface area contributed by atoms with Crippen LogP contribution in [0.1, 0.15) is 25.8 Å². The van der Waals surface area contributed by atoms with Crippen LogP contribution in [0, 0.1) is 0 Å². The largest absolute Gasteiger partial charge is 0.494 e. The highest BCUT2D eigenvalue weighted by molar-refractivity contribution is 5.76. The Labute approximate surface area is 115 Å². The van der Waals surface area contributed by atoms with Gasteiger partial charge in [0, 0.05) is 19.6 Å². The van der Waals surface area contributed by atoms with Crippen molar-refractivity contribution in [1.29, 1.82) is 0 Å². The first-order chi connectivity index (χ1) is 9.17. The van der Waals surface area contributed by atoms with Crippen molar-refractivity contribution in [3.8, 4) is 5.75 Å². The minimum Gasteiger partial charge on any atom is -0.494 e. The zero-order chi connectivity index (χ0) is 14.1. The zero-order valence-corrected chi connectivity index (χ0v) is 11.9. The molecule has 1 aromatic rings. The third kappa shape index (κ3) is 5.75. The van der Waals surface area contributed by atoms with E-state index in [2.05, 4.69) is 5.32 Å². The Morgan fingerprint density at radius 3 is 2.79 bits per heavy atom. The molecule has 0 aliphatic carbocycles. The van der Waals surface area contributed by atoms with E-state index in [4.69, 9.17) is 9.47 Å². The lowest BCUT2D eigenvalue weighted by atomic mass is 10.1. The number of ether oxygens (including phenoxy) is 2. The standard InChI is InChI=1S/C15H23NO3/c1-4-19-14-8-6-5-7-13(14)9-10-15(17)16-12(2)11-18-3/h5-8,12H,4,9-11H2,1-3H3,(H,16,17). The molecule has 1 aromatic carbocycles. The van der Waals surface area contributed by atoms with Crippen molar-refractivity contribution in [3.63, 3.8) is 0 Å². The summed E-state index contributed by atoms with van der Waals surface area (Å²) in [7, 11) is 1.63. The highest BCUT2D eigenvalue weighted by atomic mass is 16.5. The van der Waals surface area contributed by atoms with E-state index in [1.165, 1.54) is 0 Å². The molecular formula is C15H23NO3. The van der Waals surface area contributed by atoms with Gasteiger partial charge in [-0.15, -0.1) is 0 Å². The number of nitrogens with one attached hydrogen (secondary N) is 1. The fourth-order valence-corrected chi connectivity index (χ4v) is 1.89. The summed E-state index contributed by atoms with van der Waals surface area (Å²) < 4.78 is 10.5. The summed E-state index contributed by atoms with van der Waals surface area (Å²) in [4.78, 5) is 11.8. The smallest absolute Gasteiger partial charge is 0.220 e. The molecule has 19 heavy (non-hydrogen) atoms. The molecule has 106 valence electrons. The van der Waals surface area contributed by atoms with Crippen LogP contribution in [0.4, 0.5) is 0 Å². The van der Waals surface area contributed by atoms with Crippen LogP contribution in [0.2, 0.25) is 0 Å². The summed E-state index contributed by atoms with van der Waals surface area (Å²) in [6, 6.07) is 7.87. The van der Waals surface area contributed by atoms with E-state index < -0.39 is 0 Å². The van der Waals surface area contributed by atoms with Gasteiger partial charge in [0.2, 0.25) is 5.91 Å². The van der Waals surface area contributed by atoms with E-state index in [0.29, 0.717) is 26.1 Å². The SMILES string of the molecule is CCOc1ccccc1CCC(=O)NC(C)COC. The molecule has 0 aromatic heterocycles. The molecule has 0 saturated heterocycles. The van der Waals surface area contributed by atoms with Crippen LogP contribution in [0.5, 0.6) is 5.75 Å². The van der Waals surface area contributed by atoms with Crippen LogP contribution in [0.25, 0.3) is 0 Å². The summed E-state index contributed by atoms with van der Waals surface area (Å²) in [6.07, 6.45) is 1.14. The van der Waals surface area contributed by atoms with Gasteiger partial charge in [0.1, 0.15) is 5.75 Å². The minimum absolute atomic E-state index is 0.0378. The Balaban J connectivity index is 2.45. The number of methoxy groups -OCH3 is 1. The lowest BCUT2D eigenvalue weighted by Crippen LogP contribution is -2.35. The number of aryl methyl sites for hydroxylation is 1. The third-order valence-electron chi connectivity index (χ3n) is 2.72. The molecule has 1 unspecified atom stereocenters. The lowest BCUT2D eigenvalue weighted by Gasteiger charge is -2.13. The number of carbonyl (C=O) groups excluding carboxylic acids is 1. The second kappa shape index (κ2) is 8.53. The highest BCUT2D eigenvalue weighted by Gasteiger charge is 2.09. The molecule has 0 heterocycles. The van der Waals surface area contributed by atoms with Gasteiger partial charge in [-0.2, -0.15) is 0 Å². The first-order valence-corrected chi connectivity index (χ1v) is 6.66. The quantitative estimate of drug-likeness (QED) is 0.783. The second-order valence-corrected chi connectivity index (χ2v) is 4.46. The average Bonchev–Trinajstić information content (AvgIpc) is 2.38. The molecule has 0 bridgehead atoms. The van der Waals surface area contributed by atoms with Crippen molar-refractivity contribution in [2.45, 2.75) is 32.7 Å². The Kier molecular flexibility index (Phi) is 6.97. The molecule has 1 N–H and O–H groups in total. The van der Waals surface area contributed by atoms with Crippen molar-refractivity contribution in [3.05, 3.63) is 29.8 Å². The van der Waals surface area contributed by atoms with Gasteiger partial charge in [-0.3, -0.25) is 4.79 Å². The third-order valence-corrected chi connectivity index (χ3v) is 2.72. The Morgan fingerprint density at radius 1 is 1.37 bits per heavy atom. The van der Waals surface area contributed by atoms with Gasteiger partial charge in [-0.1, -0.05) is 18.2 Å². The fourth-order valence-electron chi connectivity index (χ4n) is 1.89. The first-order valence-electron chi connectivity index (χ1n) is 6.66. The molecule has 4 heteroatoms. The number of hydrogen-bond acceptors (Lipinski definition) is 3. The molecule has 0 aliphatic rings. The van der Waals surface area contributed by atoms with Gasteiger partial charge < -0.3 is 14.8 Å². The van der Waals surface area contributed by atoms with Crippen LogP contribution in [0.3, 0.4) is 0 Å². The Morgan fingerprint density at radius 2 is 2.11 bits per heavy atom. The van der Waals surface area contributed by atoms with E-state index in [-0.39, 0.29) is 11.9 Å². The van der Waals surface area contributed by atoms with Gasteiger partial charge >= 0.3 is 0 Å². The van der Waals surface area contributed by atoms with Gasteiger partial charge in [0.05, 0.1) is 13.2 Å². The number of hydrogen-bond donors (Lipinski definition) is 1. The van der Waals surface area contributed by atoms with E-state index in [0.717, 1.165) is 11.3 Å². The van der Waals surface area contributed by atoms with Gasteiger partial charge in [-0.05, 0) is 31.9 Å². The van der Waals surface area contributed by atoms with Crippen LogP contribution < -0.4 is 10.1 Å². The zero-order valence-electron chi connectivity index (χ0n) is 11.9. The molecule has 0 fully saturated rings. The maximum absolute atomic E-state index is 11.8. The topological polar surface area (TPSA) is 47.6 Å². The molecule has 4 nitrogen and oxygen atoms in total. The summed E-state index contributed by atoms with van der Waals surface area (Å²) >= 11 is 0. The predicted octanol–water partition coefficient (Wildman–Crippen LogP) is 2.17. The number of rotatable bonds is 8. The molecule has 0 aliphatic heterocycles. The van der Waals surface area contributed by atoms with Gasteiger partial charge in [0.15, 0.2) is 0 Å². The second-order valence-electron chi connectivity index (χ2n) is 4.46. The van der Waals surface area contributed by atoms with Crippen LogP contribution in [0.15, 0.2) is 24.3 Å². The lowest BCUT2D eigenvalue weighted by molar-refractivity contribution is -0.122. The van der Waals surface area contributed by atoms with E-state index in [1.54, 1.807) is 7.11 Å². The molecule has 1 amide bonds. The summed E-state index contributed by atoms with van der Waals surface area (Å²) in [5.74, 6) is 0.901. The maximum Gasteiger partial charge on any atom is 0.220 e. The fraction of sp³-hybridized carbons (Fsp3) is 0.533. The Hall–Kier alpha value is -1.55. The first kappa shape index (κ1) is 15.5. The number of amides is 1. The number of para-hydroxylation sites is 1. The molecule has 0 radical (unpaired) electrons. The summed E-state index contributed by atoms with van der Waals surface area (Å²) in [5, 5.41) is 2.90. The van der Waals surface area contributed by atoms with Crippen LogP contribution >= 0.6 is 0 Å².